The summed E-state index contributed by atoms with van der Waals surface area (Å²) in [6.45, 7) is 0. The van der Waals surface area contributed by atoms with Crippen LogP contribution in [0, 0.1) is 0 Å². The summed E-state index contributed by atoms with van der Waals surface area (Å²) in [5, 5.41) is 0.559. The predicted octanol–water partition coefficient (Wildman–Crippen LogP) is 4.49. The van der Waals surface area contributed by atoms with E-state index in [1.54, 1.807) is 6.07 Å². The highest BCUT2D eigenvalue weighted by molar-refractivity contribution is 6.35. The van der Waals surface area contributed by atoms with Gasteiger partial charge in [0.15, 0.2) is 0 Å². The Hall–Kier alpha value is -0.410. The highest BCUT2D eigenvalue weighted by Gasteiger charge is 2.27. The molecular weight excluding hydrogens is 236 g/mol. The van der Waals surface area contributed by atoms with Gasteiger partial charge < -0.3 is 0 Å². The molecule has 78 valence electrons. The average molecular weight is 243 g/mol. The first-order chi connectivity index (χ1) is 6.40. The van der Waals surface area contributed by atoms with Crippen LogP contribution < -0.4 is 0 Å². The molecule has 0 aliphatic carbocycles. The molecule has 0 radical (unpaired) electrons. The van der Waals surface area contributed by atoms with Gasteiger partial charge in [0.2, 0.25) is 0 Å². The van der Waals surface area contributed by atoms with E-state index in [2.05, 4.69) is 0 Å². The maximum Gasteiger partial charge on any atom is 0.389 e. The van der Waals surface area contributed by atoms with E-state index in [0.29, 0.717) is 5.56 Å². The fourth-order valence-electron chi connectivity index (χ4n) is 1.04. The van der Waals surface area contributed by atoms with Crippen LogP contribution in [0.3, 0.4) is 0 Å². The van der Waals surface area contributed by atoms with Crippen molar-refractivity contribution in [1.29, 1.82) is 0 Å². The maximum atomic E-state index is 11.9. The van der Waals surface area contributed by atoms with Crippen molar-refractivity contribution in [2.75, 3.05) is 0 Å². The number of alkyl halides is 3. The van der Waals surface area contributed by atoms with Crippen molar-refractivity contribution in [3.8, 4) is 0 Å². The third kappa shape index (κ3) is 3.39. The minimum absolute atomic E-state index is 0.179. The Morgan fingerprint density at radius 2 is 1.57 bits per heavy atom. The first-order valence-electron chi connectivity index (χ1n) is 3.90. The molecule has 0 aliphatic rings. The van der Waals surface area contributed by atoms with Crippen molar-refractivity contribution in [2.45, 2.75) is 19.0 Å². The number of rotatable bonds is 2. The molecule has 0 bridgehead atoms. The third-order valence-electron chi connectivity index (χ3n) is 1.72. The molecule has 0 N–H and O–H groups in total. The topological polar surface area (TPSA) is 0 Å². The standard InChI is InChI=1S/C9H7Cl2F3/c10-7-2-1-3-8(11)6(7)4-5-9(12,13)14/h1-3H,4-5H2. The molecule has 0 heterocycles. The summed E-state index contributed by atoms with van der Waals surface area (Å²) < 4.78 is 35.8. The van der Waals surface area contributed by atoms with Crippen molar-refractivity contribution >= 4 is 23.2 Å². The summed E-state index contributed by atoms with van der Waals surface area (Å²) in [6.07, 6.45) is -5.26. The molecule has 0 saturated carbocycles. The van der Waals surface area contributed by atoms with E-state index >= 15 is 0 Å². The zero-order chi connectivity index (χ0) is 10.8. The van der Waals surface area contributed by atoms with E-state index in [0.717, 1.165) is 0 Å². The SMILES string of the molecule is FC(F)(F)CCc1c(Cl)cccc1Cl. The zero-order valence-electron chi connectivity index (χ0n) is 7.04. The number of halogens is 5. The molecule has 1 rings (SSSR count). The fourth-order valence-corrected chi connectivity index (χ4v) is 1.62. The largest absolute Gasteiger partial charge is 0.389 e. The molecule has 1 aromatic rings. The molecule has 0 aliphatic heterocycles. The molecule has 0 nitrogen and oxygen atoms in total. The lowest BCUT2D eigenvalue weighted by Crippen LogP contribution is -2.08. The van der Waals surface area contributed by atoms with Gasteiger partial charge in [-0.3, -0.25) is 0 Å². The highest BCUT2D eigenvalue weighted by atomic mass is 35.5. The van der Waals surface area contributed by atoms with E-state index in [9.17, 15) is 13.2 Å². The van der Waals surface area contributed by atoms with Crippen LogP contribution in [0.25, 0.3) is 0 Å². The maximum absolute atomic E-state index is 11.9. The van der Waals surface area contributed by atoms with Gasteiger partial charge in [0.1, 0.15) is 0 Å². The summed E-state index contributed by atoms with van der Waals surface area (Å²) in [6, 6.07) is 4.65. The van der Waals surface area contributed by atoms with E-state index in [4.69, 9.17) is 23.2 Å². The van der Waals surface area contributed by atoms with E-state index in [1.807, 2.05) is 0 Å². The molecule has 1 aromatic carbocycles. The Labute approximate surface area is 89.6 Å². The second kappa shape index (κ2) is 4.41. The van der Waals surface area contributed by atoms with Crippen LogP contribution in [-0.4, -0.2) is 6.18 Å². The second-order valence-electron chi connectivity index (χ2n) is 2.82. The smallest absolute Gasteiger partial charge is 0.171 e. The molecule has 0 atom stereocenters. The van der Waals surface area contributed by atoms with Gasteiger partial charge in [-0.1, -0.05) is 29.3 Å². The molecule has 5 heteroatoms. The Morgan fingerprint density at radius 3 is 2.00 bits per heavy atom. The van der Waals surface area contributed by atoms with Gasteiger partial charge in [0.05, 0.1) is 0 Å². The van der Waals surface area contributed by atoms with Crippen molar-refractivity contribution in [1.82, 2.24) is 0 Å². The van der Waals surface area contributed by atoms with Crippen molar-refractivity contribution in [2.24, 2.45) is 0 Å². The number of benzene rings is 1. The molecule has 0 unspecified atom stereocenters. The van der Waals surface area contributed by atoms with Crippen molar-refractivity contribution in [3.63, 3.8) is 0 Å². The monoisotopic (exact) mass is 242 g/mol. The van der Waals surface area contributed by atoms with Crippen LogP contribution in [0.1, 0.15) is 12.0 Å². The van der Waals surface area contributed by atoms with Gasteiger partial charge in [0.25, 0.3) is 0 Å². The van der Waals surface area contributed by atoms with Crippen LogP contribution in [0.15, 0.2) is 18.2 Å². The Balaban J connectivity index is 2.77. The van der Waals surface area contributed by atoms with Gasteiger partial charge in [-0.15, -0.1) is 0 Å². The summed E-state index contributed by atoms with van der Waals surface area (Å²) in [7, 11) is 0. The van der Waals surface area contributed by atoms with E-state index in [-0.39, 0.29) is 16.5 Å². The normalized spacial score (nSPS) is 11.8. The van der Waals surface area contributed by atoms with Crippen molar-refractivity contribution < 1.29 is 13.2 Å². The Bertz CT molecular complexity index is 300. The minimum Gasteiger partial charge on any atom is -0.171 e. The zero-order valence-corrected chi connectivity index (χ0v) is 8.55. The van der Waals surface area contributed by atoms with Crippen LogP contribution >= 0.6 is 23.2 Å². The van der Waals surface area contributed by atoms with Gasteiger partial charge >= 0.3 is 6.18 Å². The summed E-state index contributed by atoms with van der Waals surface area (Å²) in [4.78, 5) is 0. The molecule has 0 saturated heterocycles. The van der Waals surface area contributed by atoms with Gasteiger partial charge in [-0.2, -0.15) is 13.2 Å². The summed E-state index contributed by atoms with van der Waals surface area (Å²) in [5.74, 6) is 0. The lowest BCUT2D eigenvalue weighted by molar-refractivity contribution is -0.133. The lowest BCUT2D eigenvalue weighted by Gasteiger charge is -2.08. The number of hydrogen-bond donors (Lipinski definition) is 0. The van der Waals surface area contributed by atoms with Crippen LogP contribution in [0.5, 0.6) is 0 Å². The van der Waals surface area contributed by atoms with Gasteiger partial charge in [-0.25, -0.2) is 0 Å². The molecule has 0 spiro atoms. The minimum atomic E-state index is -4.18. The second-order valence-corrected chi connectivity index (χ2v) is 3.63. The molecule has 0 aromatic heterocycles. The van der Waals surface area contributed by atoms with Crippen LogP contribution in [0.2, 0.25) is 10.0 Å². The third-order valence-corrected chi connectivity index (χ3v) is 2.43. The number of hydrogen-bond acceptors (Lipinski definition) is 0. The fraction of sp³-hybridized carbons (Fsp3) is 0.333. The molecule has 14 heavy (non-hydrogen) atoms. The van der Waals surface area contributed by atoms with Crippen LogP contribution in [-0.2, 0) is 6.42 Å². The Morgan fingerprint density at radius 1 is 1.07 bits per heavy atom. The molecule has 0 amide bonds. The summed E-state index contributed by atoms with van der Waals surface area (Å²) in [5.41, 5.74) is 0.355. The van der Waals surface area contributed by atoms with E-state index < -0.39 is 12.6 Å². The van der Waals surface area contributed by atoms with Crippen LogP contribution in [0.4, 0.5) is 13.2 Å². The lowest BCUT2D eigenvalue weighted by atomic mass is 10.1. The highest BCUT2D eigenvalue weighted by Crippen LogP contribution is 2.29. The predicted molar refractivity (Wildman–Crippen MR) is 50.8 cm³/mol. The summed E-state index contributed by atoms with van der Waals surface area (Å²) >= 11 is 11.4. The first kappa shape index (κ1) is 11.7. The van der Waals surface area contributed by atoms with Gasteiger partial charge in [-0.05, 0) is 24.1 Å². The first-order valence-corrected chi connectivity index (χ1v) is 4.65. The van der Waals surface area contributed by atoms with E-state index in [1.165, 1.54) is 12.1 Å². The van der Waals surface area contributed by atoms with Gasteiger partial charge in [0, 0.05) is 16.5 Å². The molecular formula is C9H7Cl2F3. The quantitative estimate of drug-likeness (QED) is 0.717. The molecule has 0 fully saturated rings. The van der Waals surface area contributed by atoms with Crippen molar-refractivity contribution in [3.05, 3.63) is 33.8 Å². The Kier molecular flexibility index (Phi) is 3.67. The average Bonchev–Trinajstić information content (AvgIpc) is 2.01.